The molecule has 2 fully saturated rings. The molecular formula is C34H35N7O2S. The lowest BCUT2D eigenvalue weighted by Gasteiger charge is -2.32. The van der Waals surface area contributed by atoms with Crippen LogP contribution in [0.2, 0.25) is 0 Å². The van der Waals surface area contributed by atoms with Gasteiger partial charge in [-0.15, -0.1) is 10.2 Å². The zero-order valence-corrected chi connectivity index (χ0v) is 25.4. The lowest BCUT2D eigenvalue weighted by Crippen LogP contribution is -2.40. The average Bonchev–Trinajstić information content (AvgIpc) is 3.57. The summed E-state index contributed by atoms with van der Waals surface area (Å²) in [5.74, 6) is 1.01. The topological polar surface area (TPSA) is 97.1 Å². The number of aromatic nitrogens is 5. The molecular weight excluding hydrogens is 570 g/mol. The first-order chi connectivity index (χ1) is 21.5. The Kier molecular flexibility index (Phi) is 7.93. The maximum atomic E-state index is 12.0. The van der Waals surface area contributed by atoms with Crippen LogP contribution in [-0.2, 0) is 16.4 Å². The lowest BCUT2D eigenvalue weighted by atomic mass is 9.98. The molecule has 0 unspecified atom stereocenters. The van der Waals surface area contributed by atoms with Gasteiger partial charge in [-0.3, -0.25) is 9.88 Å². The normalized spacial score (nSPS) is 17.5. The molecule has 0 radical (unpaired) electrons. The summed E-state index contributed by atoms with van der Waals surface area (Å²) in [6, 6.07) is 27.3. The summed E-state index contributed by atoms with van der Waals surface area (Å²) in [5, 5.41) is 9.22. The van der Waals surface area contributed by atoms with Crippen LogP contribution in [0, 0.1) is 0 Å². The summed E-state index contributed by atoms with van der Waals surface area (Å²) in [7, 11) is -2.98. The number of rotatable bonds is 7. The second-order valence-corrected chi connectivity index (χ2v) is 13.9. The molecule has 0 amide bonds. The van der Waals surface area contributed by atoms with Crippen molar-refractivity contribution in [2.24, 2.45) is 0 Å². The second-order valence-electron chi connectivity index (χ2n) is 11.6. The molecule has 10 heteroatoms. The number of piperidine rings is 1. The van der Waals surface area contributed by atoms with Crippen LogP contribution in [0.25, 0.3) is 33.8 Å². The van der Waals surface area contributed by atoms with Gasteiger partial charge in [0.05, 0.1) is 23.5 Å². The van der Waals surface area contributed by atoms with Gasteiger partial charge < -0.3 is 9.47 Å². The maximum absolute atomic E-state index is 12.0. The predicted molar refractivity (Wildman–Crippen MR) is 173 cm³/mol. The molecule has 3 aromatic heterocycles. The molecule has 0 N–H and O–H groups in total. The Hall–Kier alpha value is -4.41. The third-order valence-electron chi connectivity index (χ3n) is 8.68. The van der Waals surface area contributed by atoms with Crippen LogP contribution in [0.5, 0.6) is 0 Å². The number of nitrogens with zero attached hydrogens (tertiary/aromatic N) is 7. The minimum atomic E-state index is -2.98. The first-order valence-electron chi connectivity index (χ1n) is 15.2. The van der Waals surface area contributed by atoms with Crippen molar-refractivity contribution in [2.45, 2.75) is 25.4 Å². The number of likely N-dealkylation sites (tertiary alicyclic amines) is 1. The fourth-order valence-electron chi connectivity index (χ4n) is 6.11. The summed E-state index contributed by atoms with van der Waals surface area (Å²) in [6.45, 7) is 3.85. The highest BCUT2D eigenvalue weighted by Gasteiger charge is 2.24. The smallest absolute Gasteiger partial charge is 0.153 e. The highest BCUT2D eigenvalue weighted by Crippen LogP contribution is 2.33. The van der Waals surface area contributed by atoms with Crippen molar-refractivity contribution in [1.29, 1.82) is 0 Å². The van der Waals surface area contributed by atoms with Crippen molar-refractivity contribution in [1.82, 2.24) is 29.6 Å². The molecule has 7 rings (SSSR count). The molecule has 5 aromatic rings. The van der Waals surface area contributed by atoms with Crippen LogP contribution < -0.4 is 4.90 Å². The number of anilines is 1. The lowest BCUT2D eigenvalue weighted by molar-refractivity contribution is 0.179. The average molecular weight is 606 g/mol. The fourth-order valence-corrected chi connectivity index (χ4v) is 7.31. The molecule has 0 atom stereocenters. The SMILES string of the molecule is O=S1(=O)CCN(c2cc(-c3ccccc3)c(-c3ccc(CN4CCC(n5cnc(-c6ccccn6)c5)CC4)cc3)nn2)CC1. The van der Waals surface area contributed by atoms with Crippen molar-refractivity contribution in [3.63, 3.8) is 0 Å². The first kappa shape index (κ1) is 28.4. The van der Waals surface area contributed by atoms with E-state index in [9.17, 15) is 8.42 Å². The molecule has 2 aliphatic heterocycles. The minimum absolute atomic E-state index is 0.146. The molecule has 5 heterocycles. The van der Waals surface area contributed by atoms with Crippen LogP contribution in [0.15, 0.2) is 97.6 Å². The van der Waals surface area contributed by atoms with Crippen LogP contribution in [0.4, 0.5) is 5.82 Å². The van der Waals surface area contributed by atoms with E-state index in [-0.39, 0.29) is 11.5 Å². The maximum Gasteiger partial charge on any atom is 0.153 e. The summed E-state index contributed by atoms with van der Waals surface area (Å²) < 4.78 is 26.2. The number of hydrogen-bond acceptors (Lipinski definition) is 8. The van der Waals surface area contributed by atoms with E-state index in [0.717, 1.165) is 66.2 Å². The Morgan fingerprint density at radius 1 is 0.750 bits per heavy atom. The van der Waals surface area contributed by atoms with Gasteiger partial charge in [0, 0.05) is 62.3 Å². The number of imidazole rings is 1. The van der Waals surface area contributed by atoms with Gasteiger partial charge in [0.15, 0.2) is 15.7 Å². The van der Waals surface area contributed by atoms with Crippen molar-refractivity contribution >= 4 is 15.7 Å². The molecule has 0 bridgehead atoms. The van der Waals surface area contributed by atoms with Crippen LogP contribution >= 0.6 is 0 Å². The Labute approximate surface area is 258 Å². The minimum Gasteiger partial charge on any atom is -0.353 e. The van der Waals surface area contributed by atoms with Crippen LogP contribution in [0.1, 0.15) is 24.4 Å². The molecule has 44 heavy (non-hydrogen) atoms. The van der Waals surface area contributed by atoms with Gasteiger partial charge >= 0.3 is 0 Å². The third kappa shape index (κ3) is 6.27. The predicted octanol–water partition coefficient (Wildman–Crippen LogP) is 5.14. The quantitative estimate of drug-likeness (QED) is 0.252. The number of sulfone groups is 1. The zero-order valence-electron chi connectivity index (χ0n) is 24.5. The zero-order chi connectivity index (χ0) is 29.9. The van der Waals surface area contributed by atoms with E-state index in [4.69, 9.17) is 0 Å². The third-order valence-corrected chi connectivity index (χ3v) is 10.3. The number of pyridine rings is 1. The van der Waals surface area contributed by atoms with Crippen LogP contribution in [-0.4, -0.2) is 75.7 Å². The summed E-state index contributed by atoms with van der Waals surface area (Å²) >= 11 is 0. The van der Waals surface area contributed by atoms with Crippen molar-refractivity contribution < 1.29 is 8.42 Å². The van der Waals surface area contributed by atoms with E-state index in [0.29, 0.717) is 24.9 Å². The number of benzene rings is 2. The molecule has 0 spiro atoms. The molecule has 0 aliphatic carbocycles. The molecule has 2 aromatic carbocycles. The summed E-state index contributed by atoms with van der Waals surface area (Å²) in [5.41, 5.74) is 6.98. The Balaban J connectivity index is 1.03. The van der Waals surface area contributed by atoms with E-state index < -0.39 is 9.84 Å². The summed E-state index contributed by atoms with van der Waals surface area (Å²) in [6.07, 6.45) is 8.04. The Morgan fingerprint density at radius 3 is 2.23 bits per heavy atom. The highest BCUT2D eigenvalue weighted by molar-refractivity contribution is 7.91. The van der Waals surface area contributed by atoms with Gasteiger partial charge in [-0.25, -0.2) is 13.4 Å². The second kappa shape index (κ2) is 12.3. The Morgan fingerprint density at radius 2 is 1.50 bits per heavy atom. The van der Waals surface area contributed by atoms with Crippen LogP contribution in [0.3, 0.4) is 0 Å². The molecule has 0 saturated carbocycles. The van der Waals surface area contributed by atoms with Gasteiger partial charge in [0.2, 0.25) is 0 Å². The van der Waals surface area contributed by atoms with Crippen molar-refractivity contribution in [2.75, 3.05) is 42.6 Å². The van der Waals surface area contributed by atoms with E-state index in [2.05, 4.69) is 72.2 Å². The molecule has 9 nitrogen and oxygen atoms in total. The van der Waals surface area contributed by atoms with Gasteiger partial charge in [-0.2, -0.15) is 0 Å². The fraction of sp³-hybridized carbons (Fsp3) is 0.294. The first-order valence-corrected chi connectivity index (χ1v) is 17.0. The largest absolute Gasteiger partial charge is 0.353 e. The van der Waals surface area contributed by atoms with Crippen molar-refractivity contribution in [3.8, 4) is 33.8 Å². The van der Waals surface area contributed by atoms with E-state index in [1.54, 1.807) is 6.20 Å². The standard InChI is InChI=1S/C34H35N7O2S/c42-44(43)20-18-40(19-21-44)33-22-30(27-6-2-1-3-7-27)34(38-37-33)28-11-9-26(10-12-28)23-39-16-13-29(14-17-39)41-24-32(36-25-41)31-8-4-5-15-35-31/h1-12,15,22,24-25,29H,13-14,16-21,23H2. The Bertz CT molecular complexity index is 1810. The van der Waals surface area contributed by atoms with Gasteiger partial charge in [-0.05, 0) is 42.2 Å². The van der Waals surface area contributed by atoms with Gasteiger partial charge in [0.1, 0.15) is 11.4 Å². The molecule has 2 aliphatic rings. The number of hydrogen-bond donors (Lipinski definition) is 0. The van der Waals surface area contributed by atoms with E-state index in [1.807, 2.05) is 53.7 Å². The summed E-state index contributed by atoms with van der Waals surface area (Å²) in [4.78, 5) is 13.6. The van der Waals surface area contributed by atoms with Gasteiger partial charge in [-0.1, -0.05) is 60.7 Å². The van der Waals surface area contributed by atoms with E-state index in [1.165, 1.54) is 5.56 Å². The van der Waals surface area contributed by atoms with E-state index >= 15 is 0 Å². The van der Waals surface area contributed by atoms with Crippen molar-refractivity contribution in [3.05, 3.63) is 103 Å². The van der Waals surface area contributed by atoms with Gasteiger partial charge in [0.25, 0.3) is 0 Å². The monoisotopic (exact) mass is 605 g/mol. The molecule has 224 valence electrons. The molecule has 2 saturated heterocycles. The highest BCUT2D eigenvalue weighted by atomic mass is 32.2.